The van der Waals surface area contributed by atoms with E-state index >= 15 is 0 Å². The van der Waals surface area contributed by atoms with Gasteiger partial charge in [-0.3, -0.25) is 14.9 Å². The van der Waals surface area contributed by atoms with E-state index in [4.69, 9.17) is 0 Å². The van der Waals surface area contributed by atoms with E-state index in [1.165, 1.54) is 18.3 Å². The highest BCUT2D eigenvalue weighted by molar-refractivity contribution is 5.99. The first-order chi connectivity index (χ1) is 13.6. The number of aromatic nitrogens is 3. The van der Waals surface area contributed by atoms with Crippen LogP contribution in [0.3, 0.4) is 0 Å². The Bertz CT molecular complexity index is 954. The van der Waals surface area contributed by atoms with E-state index in [0.29, 0.717) is 36.1 Å². The molecule has 4 rings (SSSR count). The van der Waals surface area contributed by atoms with Gasteiger partial charge in [-0.05, 0) is 43.0 Å². The number of carbonyl (C=O) groups is 1. The van der Waals surface area contributed by atoms with Crippen molar-refractivity contribution in [3.63, 3.8) is 0 Å². The van der Waals surface area contributed by atoms with Gasteiger partial charge in [-0.15, -0.1) is 0 Å². The molecular formula is C21H21FN4O2. The second kappa shape index (κ2) is 7.90. The number of nitrogens with one attached hydrogen (secondary N) is 2. The van der Waals surface area contributed by atoms with Crippen LogP contribution in [-0.4, -0.2) is 38.3 Å². The van der Waals surface area contributed by atoms with Crippen LogP contribution < -0.4 is 5.32 Å². The van der Waals surface area contributed by atoms with Crippen molar-refractivity contribution in [2.75, 3.05) is 0 Å². The number of halogens is 1. The topological polar surface area (TPSA) is 90.9 Å². The first-order valence-corrected chi connectivity index (χ1v) is 9.28. The molecule has 3 N–H and O–H groups in total. The average molecular weight is 380 g/mol. The van der Waals surface area contributed by atoms with Gasteiger partial charge in [-0.1, -0.05) is 18.2 Å². The number of aliphatic hydroxyl groups is 1. The minimum atomic E-state index is -0.380. The fraction of sp³-hybridized carbons (Fsp3) is 0.286. The number of aromatic amines is 1. The van der Waals surface area contributed by atoms with E-state index in [0.717, 1.165) is 5.69 Å². The number of hydrogen-bond donors (Lipinski definition) is 3. The van der Waals surface area contributed by atoms with E-state index in [1.807, 2.05) is 18.2 Å². The van der Waals surface area contributed by atoms with Crippen LogP contribution in [0.5, 0.6) is 0 Å². The summed E-state index contributed by atoms with van der Waals surface area (Å²) in [6.45, 7) is 0. The third kappa shape index (κ3) is 3.94. The molecule has 1 saturated carbocycles. The van der Waals surface area contributed by atoms with Crippen LogP contribution in [0.2, 0.25) is 0 Å². The van der Waals surface area contributed by atoms with Crippen LogP contribution in [0, 0.1) is 11.7 Å². The molecule has 144 valence electrons. The maximum Gasteiger partial charge on any atom is 0.255 e. The van der Waals surface area contributed by atoms with Crippen LogP contribution in [0.15, 0.2) is 54.9 Å². The molecule has 3 aromatic rings. The Morgan fingerprint density at radius 1 is 1.29 bits per heavy atom. The quantitative estimate of drug-likeness (QED) is 0.613. The van der Waals surface area contributed by atoms with Gasteiger partial charge in [0.05, 0.1) is 23.6 Å². The Morgan fingerprint density at radius 2 is 2.14 bits per heavy atom. The zero-order valence-corrected chi connectivity index (χ0v) is 15.2. The molecule has 1 fully saturated rings. The molecule has 0 spiro atoms. The van der Waals surface area contributed by atoms with Crippen molar-refractivity contribution in [3.8, 4) is 11.3 Å². The molecule has 1 aliphatic carbocycles. The summed E-state index contributed by atoms with van der Waals surface area (Å²) in [6, 6.07) is 11.6. The summed E-state index contributed by atoms with van der Waals surface area (Å²) in [4.78, 5) is 17.3. The number of amides is 1. The van der Waals surface area contributed by atoms with Gasteiger partial charge in [0.1, 0.15) is 5.82 Å². The first-order valence-electron chi connectivity index (χ1n) is 9.28. The van der Waals surface area contributed by atoms with Crippen molar-refractivity contribution in [2.45, 2.75) is 31.4 Å². The highest BCUT2D eigenvalue weighted by atomic mass is 19.1. The Morgan fingerprint density at radius 3 is 2.86 bits per heavy atom. The smallest absolute Gasteiger partial charge is 0.255 e. The Balaban J connectivity index is 1.54. The molecule has 6 nitrogen and oxygen atoms in total. The number of benzene rings is 1. The van der Waals surface area contributed by atoms with Gasteiger partial charge in [0.25, 0.3) is 5.91 Å². The lowest BCUT2D eigenvalue weighted by Gasteiger charge is -2.38. The average Bonchev–Trinajstić information content (AvgIpc) is 3.16. The third-order valence-corrected chi connectivity index (χ3v) is 5.19. The molecule has 2 aromatic heterocycles. The number of aliphatic hydroxyl groups excluding tert-OH is 1. The number of pyridine rings is 1. The number of hydrogen-bond acceptors (Lipinski definition) is 4. The molecule has 0 saturated heterocycles. The number of H-pyrrole nitrogens is 1. The Hall–Kier alpha value is -3.06. The second-order valence-electron chi connectivity index (χ2n) is 7.16. The standard InChI is InChI=1S/C21H21FN4O2/c22-15-5-3-4-13(8-15)20-18(12-24-26-20)21(28)25-19(14-9-17(27)10-14)11-16-6-1-2-7-23-16/h1-8,12,14,17,19,27H,9-11H2,(H,24,26)(H,25,28)/t14?,17?,19-/m0/s1. The summed E-state index contributed by atoms with van der Waals surface area (Å²) in [5.41, 5.74) is 2.27. The summed E-state index contributed by atoms with van der Waals surface area (Å²) < 4.78 is 13.6. The van der Waals surface area contributed by atoms with Crippen LogP contribution in [0.1, 0.15) is 28.9 Å². The third-order valence-electron chi connectivity index (χ3n) is 5.19. The summed E-state index contributed by atoms with van der Waals surface area (Å²) >= 11 is 0. The molecule has 0 aliphatic heterocycles. The lowest BCUT2D eigenvalue weighted by molar-refractivity contribution is 0.0238. The molecule has 1 aliphatic rings. The summed E-state index contributed by atoms with van der Waals surface area (Å²) in [6.07, 6.45) is 4.74. The zero-order chi connectivity index (χ0) is 19.5. The Labute approximate surface area is 161 Å². The van der Waals surface area contributed by atoms with Crippen molar-refractivity contribution >= 4 is 5.91 Å². The van der Waals surface area contributed by atoms with Crippen molar-refractivity contribution in [2.24, 2.45) is 5.92 Å². The van der Waals surface area contributed by atoms with Crippen LogP contribution in [0.25, 0.3) is 11.3 Å². The molecule has 1 amide bonds. The van der Waals surface area contributed by atoms with E-state index in [1.54, 1.807) is 18.3 Å². The van der Waals surface area contributed by atoms with E-state index in [9.17, 15) is 14.3 Å². The summed E-state index contributed by atoms with van der Waals surface area (Å²) in [5, 5.41) is 19.5. The number of rotatable bonds is 6. The predicted octanol–water partition coefficient (Wildman–Crippen LogP) is 2.72. The molecule has 1 aromatic carbocycles. The van der Waals surface area contributed by atoms with Gasteiger partial charge >= 0.3 is 0 Å². The molecule has 0 bridgehead atoms. The van der Waals surface area contributed by atoms with Gasteiger partial charge in [0.2, 0.25) is 0 Å². The highest BCUT2D eigenvalue weighted by Crippen LogP contribution is 2.32. The maximum atomic E-state index is 13.6. The fourth-order valence-corrected chi connectivity index (χ4v) is 3.61. The van der Waals surface area contributed by atoms with Gasteiger partial charge in [0.15, 0.2) is 0 Å². The number of carbonyl (C=O) groups excluding carboxylic acids is 1. The van der Waals surface area contributed by atoms with Gasteiger partial charge in [0, 0.05) is 29.9 Å². The lowest BCUT2D eigenvalue weighted by atomic mass is 9.76. The van der Waals surface area contributed by atoms with E-state index in [-0.39, 0.29) is 29.8 Å². The molecule has 1 atom stereocenters. The normalized spacial score (nSPS) is 19.6. The number of nitrogens with zero attached hydrogens (tertiary/aromatic N) is 2. The maximum absolute atomic E-state index is 13.6. The summed E-state index contributed by atoms with van der Waals surface area (Å²) in [5.74, 6) is -0.476. The monoisotopic (exact) mass is 380 g/mol. The summed E-state index contributed by atoms with van der Waals surface area (Å²) in [7, 11) is 0. The van der Waals surface area contributed by atoms with Crippen molar-refractivity contribution in [1.82, 2.24) is 20.5 Å². The van der Waals surface area contributed by atoms with Crippen molar-refractivity contribution in [1.29, 1.82) is 0 Å². The SMILES string of the molecule is O=C(N[C@@H](Cc1ccccn1)C1CC(O)C1)c1cn[nH]c1-c1cccc(F)c1. The first kappa shape index (κ1) is 18.3. The van der Waals surface area contributed by atoms with Crippen molar-refractivity contribution in [3.05, 3.63) is 71.9 Å². The molecule has 0 radical (unpaired) electrons. The van der Waals surface area contributed by atoms with Gasteiger partial charge in [-0.25, -0.2) is 4.39 Å². The minimum absolute atomic E-state index is 0.152. The minimum Gasteiger partial charge on any atom is -0.393 e. The molecule has 28 heavy (non-hydrogen) atoms. The molecule has 7 heteroatoms. The zero-order valence-electron chi connectivity index (χ0n) is 15.2. The molecule has 2 heterocycles. The van der Waals surface area contributed by atoms with E-state index < -0.39 is 0 Å². The van der Waals surface area contributed by atoms with Gasteiger partial charge in [-0.2, -0.15) is 5.10 Å². The molecular weight excluding hydrogens is 359 g/mol. The highest BCUT2D eigenvalue weighted by Gasteiger charge is 2.35. The molecule has 0 unspecified atom stereocenters. The van der Waals surface area contributed by atoms with Gasteiger partial charge < -0.3 is 10.4 Å². The second-order valence-corrected chi connectivity index (χ2v) is 7.16. The van der Waals surface area contributed by atoms with Crippen LogP contribution in [-0.2, 0) is 6.42 Å². The van der Waals surface area contributed by atoms with Crippen LogP contribution >= 0.6 is 0 Å². The largest absolute Gasteiger partial charge is 0.393 e. The lowest BCUT2D eigenvalue weighted by Crippen LogP contribution is -2.48. The fourth-order valence-electron chi connectivity index (χ4n) is 3.61. The van der Waals surface area contributed by atoms with Crippen LogP contribution in [0.4, 0.5) is 4.39 Å². The predicted molar refractivity (Wildman–Crippen MR) is 102 cm³/mol. The van der Waals surface area contributed by atoms with Crippen molar-refractivity contribution < 1.29 is 14.3 Å². The Kier molecular flexibility index (Phi) is 5.16. The van der Waals surface area contributed by atoms with E-state index in [2.05, 4.69) is 20.5 Å².